The van der Waals surface area contributed by atoms with E-state index < -0.39 is 5.92 Å². The largest absolute Gasteiger partial charge is 0.491 e. The highest BCUT2D eigenvalue weighted by Gasteiger charge is 2.45. The third kappa shape index (κ3) is 5.58. The molecule has 21 heavy (non-hydrogen) atoms. The molecule has 0 saturated heterocycles. The number of pyridine rings is 1. The zero-order valence-corrected chi connectivity index (χ0v) is 13.6. The van der Waals surface area contributed by atoms with Crippen molar-refractivity contribution in [2.24, 2.45) is 5.92 Å². The lowest BCUT2D eigenvalue weighted by Crippen LogP contribution is -2.38. The van der Waals surface area contributed by atoms with Crippen LogP contribution in [0.1, 0.15) is 38.1 Å². The number of nitrogens with zero attached hydrogens (tertiary/aromatic N) is 2. The predicted octanol–water partition coefficient (Wildman–Crippen LogP) is 3.90. The van der Waals surface area contributed by atoms with Crippen LogP contribution in [0.2, 0.25) is 0 Å². The summed E-state index contributed by atoms with van der Waals surface area (Å²) < 4.78 is 31.2. The summed E-state index contributed by atoms with van der Waals surface area (Å²) in [6.45, 7) is 6.95. The highest BCUT2D eigenvalue weighted by atomic mass is 19.3. The Morgan fingerprint density at radius 1 is 1.29 bits per heavy atom. The van der Waals surface area contributed by atoms with Crippen LogP contribution in [0.25, 0.3) is 0 Å². The molecule has 1 aliphatic rings. The average molecular weight is 300 g/mol. The van der Waals surface area contributed by atoms with E-state index in [-0.39, 0.29) is 18.8 Å². The molecule has 0 N–H and O–H groups in total. The van der Waals surface area contributed by atoms with E-state index in [9.17, 15) is 8.78 Å². The Morgan fingerprint density at radius 2 is 1.90 bits per heavy atom. The van der Waals surface area contributed by atoms with Crippen molar-refractivity contribution in [3.8, 4) is 5.75 Å². The van der Waals surface area contributed by atoms with Gasteiger partial charge in [0.15, 0.2) is 0 Å². The molecule has 1 aromatic rings. The molecular formula is C16H26F2N2O. The topological polar surface area (TPSA) is 25.4 Å². The lowest BCUT2D eigenvalue weighted by atomic mass is 9.82. The first-order valence-corrected chi connectivity index (χ1v) is 7.47. The maximum Gasteiger partial charge on any atom is 0.248 e. The second kappa shape index (κ2) is 7.69. The molecule has 120 valence electrons. The smallest absolute Gasteiger partial charge is 0.248 e. The van der Waals surface area contributed by atoms with Gasteiger partial charge in [-0.2, -0.15) is 0 Å². The van der Waals surface area contributed by atoms with Crippen LogP contribution >= 0.6 is 0 Å². The summed E-state index contributed by atoms with van der Waals surface area (Å²) in [7, 11) is 3.92. The van der Waals surface area contributed by atoms with E-state index >= 15 is 0 Å². The van der Waals surface area contributed by atoms with Gasteiger partial charge >= 0.3 is 0 Å². The molecule has 0 amide bonds. The Kier molecular flexibility index (Phi) is 6.52. The van der Waals surface area contributed by atoms with E-state index in [2.05, 4.69) is 4.98 Å². The molecular weight excluding hydrogens is 274 g/mol. The van der Waals surface area contributed by atoms with Crippen molar-refractivity contribution < 1.29 is 13.5 Å². The zero-order chi connectivity index (χ0) is 16.0. The standard InChI is InChI=1S/C14H20F2N2O.C2H6/c1-10-4-5-13(12(17-10)8-18(2)3)19-9-11-6-14(15,16)7-11;1-2/h4-5,11H,6-9H2,1-3H3;1-2H3. The molecule has 1 fully saturated rings. The Bertz CT molecular complexity index is 442. The zero-order valence-electron chi connectivity index (χ0n) is 13.6. The summed E-state index contributed by atoms with van der Waals surface area (Å²) in [5, 5.41) is 0. The summed E-state index contributed by atoms with van der Waals surface area (Å²) >= 11 is 0. The molecule has 0 aliphatic heterocycles. The Morgan fingerprint density at radius 3 is 2.43 bits per heavy atom. The van der Waals surface area contributed by atoms with E-state index in [0.717, 1.165) is 11.4 Å². The normalized spacial score (nSPS) is 17.0. The van der Waals surface area contributed by atoms with Gasteiger partial charge in [-0.25, -0.2) is 8.78 Å². The molecule has 2 rings (SSSR count). The third-order valence-electron chi connectivity index (χ3n) is 3.19. The van der Waals surface area contributed by atoms with Gasteiger partial charge < -0.3 is 9.64 Å². The van der Waals surface area contributed by atoms with E-state index in [0.29, 0.717) is 18.9 Å². The molecule has 1 aromatic heterocycles. The molecule has 0 unspecified atom stereocenters. The van der Waals surface area contributed by atoms with Crippen molar-refractivity contribution >= 4 is 0 Å². The molecule has 0 atom stereocenters. The van der Waals surface area contributed by atoms with Gasteiger partial charge in [-0.1, -0.05) is 13.8 Å². The Labute approximate surface area is 126 Å². The second-order valence-corrected chi connectivity index (χ2v) is 5.58. The molecule has 0 spiro atoms. The maximum atomic E-state index is 12.7. The fraction of sp³-hybridized carbons (Fsp3) is 0.688. The van der Waals surface area contributed by atoms with Crippen LogP contribution in [0.15, 0.2) is 12.1 Å². The van der Waals surface area contributed by atoms with E-state index in [4.69, 9.17) is 4.74 Å². The molecule has 1 aliphatic carbocycles. The van der Waals surface area contributed by atoms with Crippen molar-refractivity contribution in [2.75, 3.05) is 20.7 Å². The average Bonchev–Trinajstić information content (AvgIpc) is 2.37. The minimum atomic E-state index is -2.48. The molecule has 1 heterocycles. The van der Waals surface area contributed by atoms with E-state index in [1.165, 1.54) is 0 Å². The summed E-state index contributed by atoms with van der Waals surface area (Å²) in [4.78, 5) is 6.45. The van der Waals surface area contributed by atoms with Crippen molar-refractivity contribution in [1.82, 2.24) is 9.88 Å². The number of hydrogen-bond acceptors (Lipinski definition) is 3. The minimum Gasteiger partial charge on any atom is -0.491 e. The van der Waals surface area contributed by atoms with Crippen molar-refractivity contribution in [3.05, 3.63) is 23.5 Å². The molecule has 5 heteroatoms. The first-order chi connectivity index (χ1) is 9.85. The van der Waals surface area contributed by atoms with Crippen LogP contribution in [-0.4, -0.2) is 36.5 Å². The third-order valence-corrected chi connectivity index (χ3v) is 3.19. The van der Waals surface area contributed by atoms with Gasteiger partial charge in [0.05, 0.1) is 12.3 Å². The molecule has 0 bridgehead atoms. The van der Waals surface area contributed by atoms with Gasteiger partial charge in [0, 0.05) is 31.0 Å². The van der Waals surface area contributed by atoms with Gasteiger partial charge in [-0.05, 0) is 33.2 Å². The maximum absolute atomic E-state index is 12.7. The van der Waals surface area contributed by atoms with Crippen LogP contribution < -0.4 is 4.74 Å². The number of aryl methyl sites for hydroxylation is 1. The molecule has 3 nitrogen and oxygen atoms in total. The number of rotatable bonds is 5. The van der Waals surface area contributed by atoms with Crippen molar-refractivity contribution in [2.45, 2.75) is 46.1 Å². The molecule has 0 aromatic carbocycles. The van der Waals surface area contributed by atoms with E-state index in [1.807, 2.05) is 51.9 Å². The lowest BCUT2D eigenvalue weighted by Gasteiger charge is -2.34. The quantitative estimate of drug-likeness (QED) is 0.824. The Hall–Kier alpha value is -1.23. The fourth-order valence-electron chi connectivity index (χ4n) is 2.25. The summed E-state index contributed by atoms with van der Waals surface area (Å²) in [6, 6.07) is 3.75. The van der Waals surface area contributed by atoms with Gasteiger partial charge in [0.1, 0.15) is 5.75 Å². The summed E-state index contributed by atoms with van der Waals surface area (Å²) in [5.41, 5.74) is 1.79. The summed E-state index contributed by atoms with van der Waals surface area (Å²) in [6.07, 6.45) is -0.120. The lowest BCUT2D eigenvalue weighted by molar-refractivity contribution is -0.119. The van der Waals surface area contributed by atoms with Gasteiger partial charge in [0.2, 0.25) is 5.92 Å². The van der Waals surface area contributed by atoms with Crippen LogP contribution in [-0.2, 0) is 6.54 Å². The number of halogens is 2. The van der Waals surface area contributed by atoms with Crippen LogP contribution in [0.5, 0.6) is 5.75 Å². The van der Waals surface area contributed by atoms with Gasteiger partial charge in [-0.15, -0.1) is 0 Å². The highest BCUT2D eigenvalue weighted by molar-refractivity contribution is 5.29. The number of aromatic nitrogens is 1. The number of ether oxygens (including phenoxy) is 1. The summed E-state index contributed by atoms with van der Waals surface area (Å²) in [5.74, 6) is -1.82. The fourth-order valence-corrected chi connectivity index (χ4v) is 2.25. The van der Waals surface area contributed by atoms with Crippen molar-refractivity contribution in [3.63, 3.8) is 0 Å². The van der Waals surface area contributed by atoms with Crippen LogP contribution in [0.3, 0.4) is 0 Å². The highest BCUT2D eigenvalue weighted by Crippen LogP contribution is 2.42. The van der Waals surface area contributed by atoms with E-state index in [1.54, 1.807) is 0 Å². The Balaban J connectivity index is 0.00000106. The second-order valence-electron chi connectivity index (χ2n) is 5.58. The minimum absolute atomic E-state index is 0.0384. The van der Waals surface area contributed by atoms with Gasteiger partial charge in [-0.3, -0.25) is 4.98 Å². The molecule has 0 radical (unpaired) electrons. The van der Waals surface area contributed by atoms with Gasteiger partial charge in [0.25, 0.3) is 0 Å². The van der Waals surface area contributed by atoms with Crippen molar-refractivity contribution in [1.29, 1.82) is 0 Å². The number of alkyl halides is 2. The van der Waals surface area contributed by atoms with Crippen LogP contribution in [0.4, 0.5) is 8.78 Å². The first kappa shape index (κ1) is 17.8. The molecule has 1 saturated carbocycles. The van der Waals surface area contributed by atoms with Crippen LogP contribution in [0, 0.1) is 12.8 Å². The number of hydrogen-bond donors (Lipinski definition) is 0. The first-order valence-electron chi connectivity index (χ1n) is 7.47. The SMILES string of the molecule is CC.Cc1ccc(OCC2CC(F)(F)C2)c(CN(C)C)n1. The monoisotopic (exact) mass is 300 g/mol. The predicted molar refractivity (Wildman–Crippen MR) is 80.9 cm³/mol.